The average Bonchev–Trinajstić information content (AvgIpc) is 3.08. The van der Waals surface area contributed by atoms with E-state index in [2.05, 4.69) is 25.6 Å². The van der Waals surface area contributed by atoms with Crippen molar-refractivity contribution in [3.63, 3.8) is 0 Å². The Balaban J connectivity index is 0.000000854. The van der Waals surface area contributed by atoms with E-state index in [4.69, 9.17) is 46.2 Å². The van der Waals surface area contributed by atoms with Gasteiger partial charge in [0.05, 0.1) is 46.7 Å². The highest BCUT2D eigenvalue weighted by molar-refractivity contribution is 7.90. The van der Waals surface area contributed by atoms with Gasteiger partial charge in [-0.3, -0.25) is 13.7 Å². The molecule has 0 radical (unpaired) electrons. The van der Waals surface area contributed by atoms with Crippen molar-refractivity contribution < 1.29 is 54.2 Å². The number of rotatable bonds is 14. The molecule has 0 amide bonds. The van der Waals surface area contributed by atoms with Crippen molar-refractivity contribution in [1.29, 1.82) is 0 Å². The van der Waals surface area contributed by atoms with Gasteiger partial charge in [-0.05, 0) is 68.4 Å². The number of nitrogens with one attached hydrogen (secondary N) is 2. The van der Waals surface area contributed by atoms with Crippen LogP contribution in [0.4, 0.5) is 34.6 Å². The maximum Gasteiger partial charge on any atom is 0.296 e. The number of nitrogens with zero attached hydrogens (tertiary/aromatic N) is 4. The van der Waals surface area contributed by atoms with E-state index >= 15 is 0 Å². The molecule has 0 saturated heterocycles. The van der Waals surface area contributed by atoms with E-state index in [1.807, 2.05) is 13.8 Å². The van der Waals surface area contributed by atoms with E-state index in [0.717, 1.165) is 12.1 Å². The fraction of sp³-hybridized carbons (Fsp3) is 0.367. The first-order chi connectivity index (χ1) is 25.0. The minimum absolute atomic E-state index is 0.0959. The summed E-state index contributed by atoms with van der Waals surface area (Å²) in [7, 11) is -11.0. The largest absolute Gasteiger partial charge is 0.513 e. The SMILES string of the molecule is C/C(O)=C\C(=C/c1ccc(N)c(N)c1C)S(=O)(=O)O.CC.CNCCS(=O)(=O)O.Nc1ccc(Nc2ncnc(N(CCO)CCO)n2)cc1S(=O)(=O)O. The predicted octanol–water partition coefficient (Wildman–Crippen LogP) is 1.20. The fourth-order valence-electron chi connectivity index (χ4n) is 3.72. The zero-order chi connectivity index (χ0) is 41.9. The number of aliphatic hydroxyl groups excluding tert-OH is 3. The Hall–Kier alpha value is -4.66. The molecule has 304 valence electrons. The third kappa shape index (κ3) is 18.4. The van der Waals surface area contributed by atoms with E-state index in [-0.39, 0.29) is 61.1 Å². The summed E-state index contributed by atoms with van der Waals surface area (Å²) in [6.45, 7) is 7.41. The van der Waals surface area contributed by atoms with Crippen molar-refractivity contribution in [3.05, 3.63) is 64.5 Å². The van der Waals surface area contributed by atoms with E-state index in [9.17, 15) is 25.3 Å². The van der Waals surface area contributed by atoms with Gasteiger partial charge >= 0.3 is 0 Å². The van der Waals surface area contributed by atoms with Gasteiger partial charge in [-0.25, -0.2) is 9.97 Å². The first-order valence-electron chi connectivity index (χ1n) is 15.6. The molecule has 0 aliphatic heterocycles. The minimum Gasteiger partial charge on any atom is -0.513 e. The topological polar surface area (TPSA) is 368 Å². The minimum atomic E-state index is -4.47. The number of allylic oxidation sites excluding steroid dienone is 2. The molecule has 1 heterocycles. The van der Waals surface area contributed by atoms with Crippen LogP contribution < -0.4 is 32.7 Å². The normalized spacial score (nSPS) is 11.9. The number of anilines is 6. The zero-order valence-electron chi connectivity index (χ0n) is 30.2. The Kier molecular flexibility index (Phi) is 21.2. The molecule has 0 bridgehead atoms. The predicted molar refractivity (Wildman–Crippen MR) is 208 cm³/mol. The lowest BCUT2D eigenvalue weighted by molar-refractivity contribution is 0.280. The molecule has 1 aromatic heterocycles. The van der Waals surface area contributed by atoms with Crippen LogP contribution in [0.5, 0.6) is 0 Å². The Bertz CT molecular complexity index is 2040. The first kappa shape index (κ1) is 49.3. The van der Waals surface area contributed by atoms with E-state index < -0.39 is 40.2 Å². The quantitative estimate of drug-likeness (QED) is 0.0471. The molecule has 0 spiro atoms. The Morgan fingerprint density at radius 1 is 0.907 bits per heavy atom. The number of aliphatic hydroxyl groups is 3. The lowest BCUT2D eigenvalue weighted by atomic mass is 10.0. The van der Waals surface area contributed by atoms with Crippen molar-refractivity contribution in [1.82, 2.24) is 20.3 Å². The molecule has 0 atom stereocenters. The summed E-state index contributed by atoms with van der Waals surface area (Å²) >= 11 is 0. The van der Waals surface area contributed by atoms with Crippen molar-refractivity contribution in [2.75, 3.05) is 73.1 Å². The number of benzene rings is 2. The van der Waals surface area contributed by atoms with Gasteiger partial charge in [0.2, 0.25) is 11.9 Å². The number of hydrogen-bond donors (Lipinski definition) is 11. The van der Waals surface area contributed by atoms with E-state index in [0.29, 0.717) is 29.0 Å². The van der Waals surface area contributed by atoms with Crippen LogP contribution in [0, 0.1) is 6.92 Å². The number of hydrogen-bond acceptors (Lipinski definition) is 18. The smallest absolute Gasteiger partial charge is 0.296 e. The van der Waals surface area contributed by atoms with Crippen LogP contribution in [0.15, 0.2) is 58.3 Å². The van der Waals surface area contributed by atoms with Crippen LogP contribution >= 0.6 is 0 Å². The third-order valence-electron chi connectivity index (χ3n) is 6.28. The highest BCUT2D eigenvalue weighted by atomic mass is 32.2. The Morgan fingerprint density at radius 3 is 1.94 bits per heavy atom. The second-order valence-electron chi connectivity index (χ2n) is 10.4. The van der Waals surface area contributed by atoms with Crippen LogP contribution in [-0.2, 0) is 30.4 Å². The Labute approximate surface area is 314 Å². The van der Waals surface area contributed by atoms with Gasteiger partial charge in [-0.15, -0.1) is 0 Å². The summed E-state index contributed by atoms with van der Waals surface area (Å²) in [5.74, 6) is -0.128. The molecule has 0 fully saturated rings. The van der Waals surface area contributed by atoms with Crippen molar-refractivity contribution >= 4 is 71.1 Å². The van der Waals surface area contributed by atoms with Crippen LogP contribution in [-0.4, -0.2) is 115 Å². The van der Waals surface area contributed by atoms with Crippen molar-refractivity contribution in [2.24, 2.45) is 0 Å². The fourth-order valence-corrected chi connectivity index (χ4v) is 5.42. The summed E-state index contributed by atoms with van der Waals surface area (Å²) in [4.78, 5) is 12.7. The monoisotopic (exact) mass is 823 g/mol. The van der Waals surface area contributed by atoms with Gasteiger partial charge in [-0.2, -0.15) is 30.2 Å². The van der Waals surface area contributed by atoms with Gasteiger partial charge < -0.3 is 48.1 Å². The molecule has 2 aromatic carbocycles. The summed E-state index contributed by atoms with van der Waals surface area (Å²) in [5.41, 5.74) is 18.9. The zero-order valence-corrected chi connectivity index (χ0v) is 32.7. The van der Waals surface area contributed by atoms with Crippen LogP contribution in [0.25, 0.3) is 6.08 Å². The van der Waals surface area contributed by atoms with E-state index in [1.165, 1.54) is 37.5 Å². The van der Waals surface area contributed by atoms with Gasteiger partial charge in [0.1, 0.15) is 11.2 Å². The lowest BCUT2D eigenvalue weighted by Crippen LogP contribution is -2.31. The third-order valence-corrected chi connectivity index (χ3v) is 8.74. The maximum atomic E-state index is 11.3. The molecule has 3 aromatic rings. The first-order valence-corrected chi connectivity index (χ1v) is 20.1. The van der Waals surface area contributed by atoms with Gasteiger partial charge in [-0.1, -0.05) is 19.9 Å². The molecular formula is C30H49N9O12S3. The molecule has 54 heavy (non-hydrogen) atoms. The summed E-state index contributed by atoms with van der Waals surface area (Å²) in [5, 5.41) is 32.6. The maximum absolute atomic E-state index is 11.3. The van der Waals surface area contributed by atoms with Crippen molar-refractivity contribution in [3.8, 4) is 0 Å². The average molecular weight is 824 g/mol. The van der Waals surface area contributed by atoms with Gasteiger partial charge in [0, 0.05) is 25.3 Å². The second kappa shape index (κ2) is 23.2. The summed E-state index contributed by atoms with van der Waals surface area (Å²) in [6.07, 6.45) is 3.38. The van der Waals surface area contributed by atoms with Crippen molar-refractivity contribution in [2.45, 2.75) is 32.6 Å². The Morgan fingerprint density at radius 2 is 1.48 bits per heavy atom. The standard InChI is InChI=1S/C13H18N6O5S.C12H16N2O4S.C3H9NO3S.C2H6/c14-10-2-1-9(7-11(10)25(22,23)24)17-12-15-8-16-13(18-12)19(3-5-20)4-6-21;1-7(15)5-10(19(16,17)18)6-9-3-4-11(13)12(14)8(9)2;1-4-2-3-8(5,6)7;1-2/h1-2,7-8,20-21H,3-6,14H2,(H,22,23,24)(H,15,16,17,18);3-6,15H,13-14H2,1-2H3,(H,16,17,18);4H,2-3H2,1H3,(H,5,6,7);1-2H3/b;7-5+,10-6+;;. The molecule has 0 unspecified atom stereocenters. The van der Waals surface area contributed by atoms with E-state index in [1.54, 1.807) is 24.9 Å². The lowest BCUT2D eigenvalue weighted by Gasteiger charge is -2.20. The van der Waals surface area contributed by atoms with Gasteiger partial charge in [0.15, 0.2) is 0 Å². The molecule has 21 nitrogen and oxygen atoms in total. The van der Waals surface area contributed by atoms with Crippen LogP contribution in [0.3, 0.4) is 0 Å². The molecule has 24 heteroatoms. The molecule has 14 N–H and O–H groups in total. The highest BCUT2D eigenvalue weighted by Crippen LogP contribution is 2.26. The second-order valence-corrected chi connectivity index (χ2v) is 14.8. The number of aromatic nitrogens is 3. The summed E-state index contributed by atoms with van der Waals surface area (Å²) in [6, 6.07) is 7.06. The molecule has 3 rings (SSSR count). The van der Waals surface area contributed by atoms with Gasteiger partial charge in [0.25, 0.3) is 30.4 Å². The van der Waals surface area contributed by atoms with Crippen LogP contribution in [0.1, 0.15) is 31.9 Å². The summed E-state index contributed by atoms with van der Waals surface area (Å²) < 4.78 is 91.2. The highest BCUT2D eigenvalue weighted by Gasteiger charge is 2.16. The molecule has 0 aliphatic carbocycles. The number of nitrogens with two attached hydrogens (primary N) is 3. The molecular weight excluding hydrogens is 775 g/mol. The van der Waals surface area contributed by atoms with Crippen LogP contribution in [0.2, 0.25) is 0 Å². The molecule has 0 aliphatic rings. The number of nitrogen functional groups attached to an aromatic ring is 3. The molecule has 0 saturated carbocycles.